The van der Waals surface area contributed by atoms with Crippen LogP contribution in [0.25, 0.3) is 0 Å². The molecule has 22 heavy (non-hydrogen) atoms. The van der Waals surface area contributed by atoms with Crippen LogP contribution in [0.3, 0.4) is 0 Å². The van der Waals surface area contributed by atoms with Gasteiger partial charge in [0.1, 0.15) is 0 Å². The van der Waals surface area contributed by atoms with Crippen LogP contribution in [-0.4, -0.2) is 17.1 Å². The summed E-state index contributed by atoms with van der Waals surface area (Å²) in [4.78, 5) is 4.05. The Labute approximate surface area is 134 Å². The maximum Gasteiger partial charge on any atom is 0.0271 e. The lowest BCUT2D eigenvalue weighted by Gasteiger charge is -2.15. The van der Waals surface area contributed by atoms with Crippen molar-refractivity contribution in [2.24, 2.45) is 0 Å². The van der Waals surface area contributed by atoms with Crippen molar-refractivity contribution in [3.63, 3.8) is 0 Å². The predicted molar refractivity (Wildman–Crippen MR) is 92.7 cm³/mol. The summed E-state index contributed by atoms with van der Waals surface area (Å²) in [6, 6.07) is 13.9. The summed E-state index contributed by atoms with van der Waals surface area (Å²) in [6.07, 6.45) is 4.72. The molecule has 0 aliphatic heterocycles. The van der Waals surface area contributed by atoms with Gasteiger partial charge in [-0.05, 0) is 42.2 Å². The van der Waals surface area contributed by atoms with Crippen LogP contribution in [-0.2, 0) is 19.5 Å². The number of hydrogen-bond donors (Lipinski definition) is 2. The molecule has 0 saturated heterocycles. The molecule has 2 aromatic rings. The molecule has 1 atom stereocenters. The van der Waals surface area contributed by atoms with Gasteiger partial charge in [-0.1, -0.05) is 38.1 Å². The number of benzene rings is 1. The maximum atomic E-state index is 4.05. The van der Waals surface area contributed by atoms with Crippen LogP contribution in [0, 0.1) is 0 Å². The average Bonchev–Trinajstić information content (AvgIpc) is 2.52. The van der Waals surface area contributed by atoms with Gasteiger partial charge < -0.3 is 10.6 Å². The van der Waals surface area contributed by atoms with Gasteiger partial charge in [-0.25, -0.2) is 0 Å². The van der Waals surface area contributed by atoms with E-state index in [1.54, 1.807) is 0 Å². The minimum atomic E-state index is 0.446. The molecule has 118 valence electrons. The summed E-state index contributed by atoms with van der Waals surface area (Å²) < 4.78 is 0. The zero-order valence-electron chi connectivity index (χ0n) is 13.8. The summed E-state index contributed by atoms with van der Waals surface area (Å²) in [5.41, 5.74) is 4.02. The summed E-state index contributed by atoms with van der Waals surface area (Å²) in [6.45, 7) is 8.41. The normalized spacial score (nSPS) is 12.5. The Bertz CT molecular complexity index is 552. The summed E-state index contributed by atoms with van der Waals surface area (Å²) >= 11 is 0. The first-order valence-corrected chi connectivity index (χ1v) is 8.07. The Morgan fingerprint density at radius 2 is 1.55 bits per heavy atom. The summed E-state index contributed by atoms with van der Waals surface area (Å²) in [7, 11) is 0. The van der Waals surface area contributed by atoms with E-state index in [-0.39, 0.29) is 0 Å². The van der Waals surface area contributed by atoms with E-state index in [0.29, 0.717) is 12.1 Å². The zero-order chi connectivity index (χ0) is 15.8. The van der Waals surface area contributed by atoms with E-state index in [9.17, 15) is 0 Å². The van der Waals surface area contributed by atoms with Crippen LogP contribution < -0.4 is 10.6 Å². The van der Waals surface area contributed by atoms with Gasteiger partial charge in [0.25, 0.3) is 0 Å². The van der Waals surface area contributed by atoms with Crippen molar-refractivity contribution in [3.8, 4) is 0 Å². The largest absolute Gasteiger partial charge is 0.310 e. The molecule has 2 rings (SSSR count). The standard InChI is InChI=1S/C19H27N3/c1-15(2)21-14-19-6-4-5-18(12-19)11-16(3)22-13-17-7-9-20-10-8-17/h4-10,12,15-16,21-22H,11,13-14H2,1-3H3. The van der Waals surface area contributed by atoms with Crippen molar-refractivity contribution in [2.45, 2.75) is 52.4 Å². The molecule has 0 amide bonds. The van der Waals surface area contributed by atoms with Crippen LogP contribution >= 0.6 is 0 Å². The molecule has 2 N–H and O–H groups in total. The molecule has 3 nitrogen and oxygen atoms in total. The highest BCUT2D eigenvalue weighted by Crippen LogP contribution is 2.09. The molecule has 1 aromatic heterocycles. The highest BCUT2D eigenvalue weighted by Gasteiger charge is 2.04. The minimum Gasteiger partial charge on any atom is -0.310 e. The molecule has 1 aromatic carbocycles. The second-order valence-electron chi connectivity index (χ2n) is 6.20. The van der Waals surface area contributed by atoms with Crippen molar-refractivity contribution in [3.05, 3.63) is 65.5 Å². The topological polar surface area (TPSA) is 37.0 Å². The third-order valence-electron chi connectivity index (χ3n) is 3.65. The van der Waals surface area contributed by atoms with E-state index in [4.69, 9.17) is 0 Å². The molecular weight excluding hydrogens is 270 g/mol. The number of aromatic nitrogens is 1. The lowest BCUT2D eigenvalue weighted by atomic mass is 10.0. The van der Waals surface area contributed by atoms with Crippen LogP contribution in [0.15, 0.2) is 48.8 Å². The van der Waals surface area contributed by atoms with Gasteiger partial charge in [-0.3, -0.25) is 4.98 Å². The van der Waals surface area contributed by atoms with Gasteiger partial charge in [0, 0.05) is 37.6 Å². The molecule has 0 aliphatic rings. The Hall–Kier alpha value is -1.71. The maximum absolute atomic E-state index is 4.05. The van der Waals surface area contributed by atoms with E-state index < -0.39 is 0 Å². The van der Waals surface area contributed by atoms with Crippen LogP contribution in [0.1, 0.15) is 37.5 Å². The predicted octanol–water partition coefficient (Wildman–Crippen LogP) is 3.30. The van der Waals surface area contributed by atoms with E-state index in [1.165, 1.54) is 16.7 Å². The molecule has 0 bridgehead atoms. The Balaban J connectivity index is 1.83. The molecular formula is C19H27N3. The summed E-state index contributed by atoms with van der Waals surface area (Å²) in [5, 5.41) is 7.04. The highest BCUT2D eigenvalue weighted by molar-refractivity contribution is 5.24. The first kappa shape index (κ1) is 16.7. The van der Waals surface area contributed by atoms with Crippen molar-refractivity contribution in [1.82, 2.24) is 15.6 Å². The fourth-order valence-corrected chi connectivity index (χ4v) is 2.41. The fraction of sp³-hybridized carbons (Fsp3) is 0.421. The third-order valence-corrected chi connectivity index (χ3v) is 3.65. The molecule has 3 heteroatoms. The Morgan fingerprint density at radius 3 is 2.27 bits per heavy atom. The number of nitrogens with one attached hydrogen (secondary N) is 2. The monoisotopic (exact) mass is 297 g/mol. The van der Waals surface area contributed by atoms with Crippen molar-refractivity contribution >= 4 is 0 Å². The molecule has 1 unspecified atom stereocenters. The van der Waals surface area contributed by atoms with Gasteiger partial charge in [-0.2, -0.15) is 0 Å². The van der Waals surface area contributed by atoms with Crippen molar-refractivity contribution in [1.29, 1.82) is 0 Å². The number of rotatable bonds is 8. The van der Waals surface area contributed by atoms with Gasteiger partial charge >= 0.3 is 0 Å². The molecule has 0 saturated carbocycles. The second-order valence-corrected chi connectivity index (χ2v) is 6.20. The van der Waals surface area contributed by atoms with Gasteiger partial charge in [0.05, 0.1) is 0 Å². The van der Waals surface area contributed by atoms with Gasteiger partial charge in [-0.15, -0.1) is 0 Å². The molecule has 0 fully saturated rings. The second kappa shape index (κ2) is 8.66. The molecule has 0 spiro atoms. The van der Waals surface area contributed by atoms with E-state index >= 15 is 0 Å². The quantitative estimate of drug-likeness (QED) is 0.785. The minimum absolute atomic E-state index is 0.446. The van der Waals surface area contributed by atoms with Gasteiger partial charge in [0.15, 0.2) is 0 Å². The van der Waals surface area contributed by atoms with Gasteiger partial charge in [0.2, 0.25) is 0 Å². The lowest BCUT2D eigenvalue weighted by molar-refractivity contribution is 0.544. The van der Waals surface area contributed by atoms with Crippen LogP contribution in [0.4, 0.5) is 0 Å². The molecule has 0 radical (unpaired) electrons. The third kappa shape index (κ3) is 5.96. The number of nitrogens with zero attached hydrogens (tertiary/aromatic N) is 1. The first-order chi connectivity index (χ1) is 10.6. The average molecular weight is 297 g/mol. The highest BCUT2D eigenvalue weighted by atomic mass is 14.9. The Kier molecular flexibility index (Phi) is 6.56. The molecule has 0 aliphatic carbocycles. The lowest BCUT2D eigenvalue weighted by Crippen LogP contribution is -2.27. The fourth-order valence-electron chi connectivity index (χ4n) is 2.41. The zero-order valence-corrected chi connectivity index (χ0v) is 13.8. The van der Waals surface area contributed by atoms with E-state index in [0.717, 1.165) is 19.5 Å². The summed E-state index contributed by atoms with van der Waals surface area (Å²) in [5.74, 6) is 0. The van der Waals surface area contributed by atoms with E-state index in [1.807, 2.05) is 12.4 Å². The SMILES string of the molecule is CC(C)NCc1cccc(CC(C)NCc2ccncc2)c1. The Morgan fingerprint density at radius 1 is 0.864 bits per heavy atom. The van der Waals surface area contributed by atoms with E-state index in [2.05, 4.69) is 72.8 Å². The van der Waals surface area contributed by atoms with Crippen LogP contribution in [0.5, 0.6) is 0 Å². The number of pyridine rings is 1. The van der Waals surface area contributed by atoms with Crippen molar-refractivity contribution < 1.29 is 0 Å². The first-order valence-electron chi connectivity index (χ1n) is 8.07. The smallest absolute Gasteiger partial charge is 0.0271 e. The number of hydrogen-bond acceptors (Lipinski definition) is 3. The van der Waals surface area contributed by atoms with Crippen LogP contribution in [0.2, 0.25) is 0 Å². The van der Waals surface area contributed by atoms with Crippen molar-refractivity contribution in [2.75, 3.05) is 0 Å². The molecule has 1 heterocycles.